The molecular weight excluding hydrogens is 638 g/mol. The molecule has 0 radical (unpaired) electrons. The Kier molecular flexibility index (Phi) is 6.22. The van der Waals surface area contributed by atoms with E-state index in [1.54, 1.807) is 0 Å². The number of hydrogen-bond acceptors (Lipinski definition) is 2. The molecule has 8 aromatic rings. The summed E-state index contributed by atoms with van der Waals surface area (Å²) in [5.41, 5.74) is 8.61. The Morgan fingerprint density at radius 3 is 1.84 bits per heavy atom. The van der Waals surface area contributed by atoms with E-state index in [9.17, 15) is 0 Å². The van der Waals surface area contributed by atoms with Crippen LogP contribution in [-0.4, -0.2) is 4.57 Å². The Hall–Kier alpha value is -4.22. The predicted octanol–water partition coefficient (Wildman–Crippen LogP) is 12.6. The molecule has 44 heavy (non-hydrogen) atoms. The second-order valence-corrected chi connectivity index (χ2v) is 14.2. The van der Waals surface area contributed by atoms with Crippen molar-refractivity contribution < 1.29 is 0 Å². The van der Waals surface area contributed by atoms with Crippen LogP contribution in [-0.2, 0) is 0 Å². The SMILES string of the molecule is Brc1cccc(-c2ccc3c(c2)Sc2ccc(-c4cc5c(c6ccccc46)c4ccccc4n5-c4ccccc4)cc2S3)c1. The van der Waals surface area contributed by atoms with Gasteiger partial charge in [-0.3, -0.25) is 0 Å². The number of hydrogen-bond donors (Lipinski definition) is 0. The van der Waals surface area contributed by atoms with Crippen molar-refractivity contribution in [1.29, 1.82) is 0 Å². The highest BCUT2D eigenvalue weighted by molar-refractivity contribution is 9.10. The summed E-state index contributed by atoms with van der Waals surface area (Å²) in [6.07, 6.45) is 0. The number of nitrogens with zero attached hydrogens (tertiary/aromatic N) is 1. The van der Waals surface area contributed by atoms with Gasteiger partial charge in [-0.1, -0.05) is 124 Å². The molecule has 0 saturated carbocycles. The summed E-state index contributed by atoms with van der Waals surface area (Å²) in [4.78, 5) is 5.24. The number of aromatic nitrogens is 1. The first-order chi connectivity index (χ1) is 21.7. The van der Waals surface area contributed by atoms with E-state index < -0.39 is 0 Å². The van der Waals surface area contributed by atoms with E-state index in [2.05, 4.69) is 166 Å². The summed E-state index contributed by atoms with van der Waals surface area (Å²) < 4.78 is 3.52. The maximum Gasteiger partial charge on any atom is 0.0553 e. The largest absolute Gasteiger partial charge is 0.309 e. The average molecular weight is 663 g/mol. The lowest BCUT2D eigenvalue weighted by molar-refractivity contribution is 1.16. The topological polar surface area (TPSA) is 4.93 Å². The first-order valence-electron chi connectivity index (χ1n) is 14.6. The van der Waals surface area contributed by atoms with Gasteiger partial charge in [0.1, 0.15) is 0 Å². The van der Waals surface area contributed by atoms with Crippen LogP contribution in [0.3, 0.4) is 0 Å². The van der Waals surface area contributed by atoms with Gasteiger partial charge in [0.2, 0.25) is 0 Å². The van der Waals surface area contributed by atoms with Gasteiger partial charge in [-0.05, 0) is 93.7 Å². The molecule has 1 nitrogen and oxygen atoms in total. The lowest BCUT2D eigenvalue weighted by Crippen LogP contribution is -1.94. The molecule has 2 heterocycles. The Labute approximate surface area is 272 Å². The Bertz CT molecular complexity index is 2410. The third kappa shape index (κ3) is 4.24. The van der Waals surface area contributed by atoms with Crippen LogP contribution < -0.4 is 0 Å². The monoisotopic (exact) mass is 661 g/mol. The highest BCUT2D eigenvalue weighted by atomic mass is 79.9. The predicted molar refractivity (Wildman–Crippen MR) is 192 cm³/mol. The van der Waals surface area contributed by atoms with Crippen molar-refractivity contribution in [3.63, 3.8) is 0 Å². The molecule has 0 saturated heterocycles. The van der Waals surface area contributed by atoms with Gasteiger partial charge in [0.05, 0.1) is 11.0 Å². The van der Waals surface area contributed by atoms with Crippen LogP contribution in [0.25, 0.3) is 60.5 Å². The third-order valence-corrected chi connectivity index (χ3v) is 11.5. The van der Waals surface area contributed by atoms with Crippen LogP contribution in [0.15, 0.2) is 170 Å². The van der Waals surface area contributed by atoms with Gasteiger partial charge in [0.15, 0.2) is 0 Å². The number of benzene rings is 7. The number of halogens is 1. The lowest BCUT2D eigenvalue weighted by Gasteiger charge is -2.20. The lowest BCUT2D eigenvalue weighted by atomic mass is 9.95. The quantitative estimate of drug-likeness (QED) is 0.186. The maximum absolute atomic E-state index is 3.62. The fourth-order valence-corrected chi connectivity index (χ4v) is 9.19. The van der Waals surface area contributed by atoms with Gasteiger partial charge in [0, 0.05) is 40.5 Å². The minimum Gasteiger partial charge on any atom is -0.309 e. The van der Waals surface area contributed by atoms with Crippen molar-refractivity contribution in [3.8, 4) is 27.9 Å². The van der Waals surface area contributed by atoms with E-state index >= 15 is 0 Å². The molecule has 0 amide bonds. The highest BCUT2D eigenvalue weighted by Crippen LogP contribution is 2.51. The molecule has 0 unspecified atom stereocenters. The second kappa shape index (κ2) is 10.4. The zero-order valence-electron chi connectivity index (χ0n) is 23.5. The number of para-hydroxylation sites is 2. The number of fused-ring (bicyclic) bond motifs is 7. The molecule has 0 aliphatic carbocycles. The Morgan fingerprint density at radius 1 is 0.432 bits per heavy atom. The number of rotatable bonds is 3. The van der Waals surface area contributed by atoms with Gasteiger partial charge in [-0.15, -0.1) is 0 Å². The van der Waals surface area contributed by atoms with Crippen LogP contribution in [0.1, 0.15) is 0 Å². The fraction of sp³-hybridized carbons (Fsp3) is 0. The van der Waals surface area contributed by atoms with Crippen LogP contribution >= 0.6 is 39.5 Å². The zero-order valence-corrected chi connectivity index (χ0v) is 26.7. The second-order valence-electron chi connectivity index (χ2n) is 11.1. The third-order valence-electron chi connectivity index (χ3n) is 8.49. The highest BCUT2D eigenvalue weighted by Gasteiger charge is 2.21. The van der Waals surface area contributed by atoms with Crippen molar-refractivity contribution in [1.82, 2.24) is 4.57 Å². The van der Waals surface area contributed by atoms with Crippen molar-refractivity contribution in [2.24, 2.45) is 0 Å². The molecule has 1 aliphatic heterocycles. The molecule has 9 rings (SSSR count). The van der Waals surface area contributed by atoms with E-state index in [0.717, 1.165) is 4.47 Å². The van der Waals surface area contributed by atoms with E-state index in [0.29, 0.717) is 0 Å². The van der Waals surface area contributed by atoms with Crippen molar-refractivity contribution in [3.05, 3.63) is 150 Å². The van der Waals surface area contributed by atoms with E-state index in [4.69, 9.17) is 0 Å². The first kappa shape index (κ1) is 26.2. The van der Waals surface area contributed by atoms with E-state index in [1.807, 2.05) is 23.5 Å². The molecule has 0 N–H and O–H groups in total. The smallest absolute Gasteiger partial charge is 0.0553 e. The summed E-state index contributed by atoms with van der Waals surface area (Å²) in [7, 11) is 0. The van der Waals surface area contributed by atoms with Crippen molar-refractivity contribution in [2.75, 3.05) is 0 Å². The summed E-state index contributed by atoms with van der Waals surface area (Å²) in [6.45, 7) is 0. The van der Waals surface area contributed by atoms with Crippen LogP contribution in [0.4, 0.5) is 0 Å². The van der Waals surface area contributed by atoms with Gasteiger partial charge in [-0.25, -0.2) is 0 Å². The van der Waals surface area contributed by atoms with Crippen molar-refractivity contribution >= 4 is 72.0 Å². The molecule has 4 heteroatoms. The molecule has 1 aromatic heterocycles. The average Bonchev–Trinajstić information content (AvgIpc) is 3.41. The standard InChI is InChI=1S/C40H24BrNS2/c41-28-10-8-9-25(21-28)26-17-19-36-38(22-26)43-37-20-18-27(23-39(37)44-36)33-24-35-40(31-14-5-4-13-30(31)33)32-15-6-7-16-34(32)42(35)29-11-2-1-3-12-29/h1-24H. The van der Waals surface area contributed by atoms with Crippen LogP contribution in [0.5, 0.6) is 0 Å². The normalized spacial score (nSPS) is 12.5. The summed E-state index contributed by atoms with van der Waals surface area (Å²) >= 11 is 7.37. The van der Waals surface area contributed by atoms with Crippen molar-refractivity contribution in [2.45, 2.75) is 19.6 Å². The van der Waals surface area contributed by atoms with E-state index in [1.165, 1.54) is 80.1 Å². The zero-order chi connectivity index (χ0) is 29.2. The summed E-state index contributed by atoms with van der Waals surface area (Å²) in [5, 5.41) is 5.16. The molecule has 0 spiro atoms. The summed E-state index contributed by atoms with van der Waals surface area (Å²) in [6, 6.07) is 53.2. The molecule has 208 valence electrons. The summed E-state index contributed by atoms with van der Waals surface area (Å²) in [5.74, 6) is 0. The Balaban J connectivity index is 1.20. The molecule has 0 atom stereocenters. The van der Waals surface area contributed by atoms with Crippen LogP contribution in [0, 0.1) is 0 Å². The minimum atomic E-state index is 1.10. The van der Waals surface area contributed by atoms with Crippen LogP contribution in [0.2, 0.25) is 0 Å². The fourth-order valence-electron chi connectivity index (χ4n) is 6.52. The van der Waals surface area contributed by atoms with E-state index in [-0.39, 0.29) is 0 Å². The molecule has 1 aliphatic rings. The Morgan fingerprint density at radius 2 is 1.07 bits per heavy atom. The first-order valence-corrected chi connectivity index (χ1v) is 17.0. The van der Waals surface area contributed by atoms with Gasteiger partial charge < -0.3 is 4.57 Å². The molecular formula is C40H24BrNS2. The molecule has 7 aromatic carbocycles. The minimum absolute atomic E-state index is 1.10. The molecule has 0 fully saturated rings. The van der Waals surface area contributed by atoms with Gasteiger partial charge in [-0.2, -0.15) is 0 Å². The van der Waals surface area contributed by atoms with Gasteiger partial charge in [0.25, 0.3) is 0 Å². The molecule has 0 bridgehead atoms. The van der Waals surface area contributed by atoms with Gasteiger partial charge >= 0.3 is 0 Å². The maximum atomic E-state index is 3.62.